The predicted octanol–water partition coefficient (Wildman–Crippen LogP) is 4.52. The topological polar surface area (TPSA) is 28.7 Å². The first-order valence-electron chi connectivity index (χ1n) is 6.05. The number of fused-ring (bicyclic) bond motifs is 1. The van der Waals surface area contributed by atoms with Crippen molar-refractivity contribution in [3.05, 3.63) is 34.4 Å². The number of nitrogens with zero attached hydrogens (tertiary/aromatic N) is 2. The molecule has 0 atom stereocenters. The van der Waals surface area contributed by atoms with Crippen molar-refractivity contribution in [1.82, 2.24) is 4.57 Å². The number of nitriles is 1. The monoisotopic (exact) mass is 304 g/mol. The van der Waals surface area contributed by atoms with E-state index in [0.717, 1.165) is 16.6 Å². The minimum atomic E-state index is 0.220. The molecule has 0 aliphatic carbocycles. The van der Waals surface area contributed by atoms with Crippen molar-refractivity contribution in [3.8, 4) is 6.07 Å². The number of aromatic nitrogens is 1. The minimum Gasteiger partial charge on any atom is -0.347 e. The Labute approximate surface area is 116 Å². The maximum atomic E-state index is 8.91. The Morgan fingerprint density at radius 3 is 2.67 bits per heavy atom. The predicted molar refractivity (Wildman–Crippen MR) is 78.4 cm³/mol. The van der Waals surface area contributed by atoms with Gasteiger partial charge in [-0.1, -0.05) is 42.8 Å². The summed E-state index contributed by atoms with van der Waals surface area (Å²) >= 11 is 3.52. The molecule has 3 heteroatoms. The second kappa shape index (κ2) is 4.78. The highest BCUT2D eigenvalue weighted by molar-refractivity contribution is 9.10. The molecule has 0 aliphatic rings. The van der Waals surface area contributed by atoms with Crippen LogP contribution in [0.2, 0.25) is 0 Å². The molecule has 0 amide bonds. The summed E-state index contributed by atoms with van der Waals surface area (Å²) in [5.74, 6) is 0. The average molecular weight is 305 g/mol. The van der Waals surface area contributed by atoms with Crippen LogP contribution in [0.25, 0.3) is 10.9 Å². The second-order valence-electron chi connectivity index (χ2n) is 5.84. The number of halogens is 1. The van der Waals surface area contributed by atoms with Gasteiger partial charge in [-0.2, -0.15) is 5.26 Å². The summed E-state index contributed by atoms with van der Waals surface area (Å²) in [6.07, 6.45) is 2.58. The Morgan fingerprint density at radius 2 is 2.06 bits per heavy atom. The number of rotatable bonds is 2. The van der Waals surface area contributed by atoms with E-state index in [-0.39, 0.29) is 5.41 Å². The second-order valence-corrected chi connectivity index (χ2v) is 6.75. The molecule has 18 heavy (non-hydrogen) atoms. The van der Waals surface area contributed by atoms with Crippen molar-refractivity contribution in [2.75, 3.05) is 0 Å². The zero-order valence-electron chi connectivity index (χ0n) is 11.0. The van der Waals surface area contributed by atoms with Gasteiger partial charge in [0.15, 0.2) is 0 Å². The first-order chi connectivity index (χ1) is 8.40. The lowest BCUT2D eigenvalue weighted by Crippen LogP contribution is -2.14. The van der Waals surface area contributed by atoms with E-state index in [1.54, 1.807) is 0 Å². The van der Waals surface area contributed by atoms with Crippen molar-refractivity contribution >= 4 is 26.8 Å². The highest BCUT2D eigenvalue weighted by Crippen LogP contribution is 2.28. The summed E-state index contributed by atoms with van der Waals surface area (Å²) in [5, 5.41) is 10.1. The van der Waals surface area contributed by atoms with Crippen molar-refractivity contribution in [3.63, 3.8) is 0 Å². The maximum Gasteiger partial charge on any atom is 0.0670 e. The molecule has 0 radical (unpaired) electrons. The Balaban J connectivity index is 2.59. The van der Waals surface area contributed by atoms with Gasteiger partial charge in [0.25, 0.3) is 0 Å². The maximum absolute atomic E-state index is 8.91. The van der Waals surface area contributed by atoms with E-state index in [0.29, 0.717) is 6.42 Å². The van der Waals surface area contributed by atoms with Crippen LogP contribution in [0.1, 0.15) is 26.3 Å². The van der Waals surface area contributed by atoms with Gasteiger partial charge < -0.3 is 4.57 Å². The third-order valence-electron chi connectivity index (χ3n) is 2.84. The van der Waals surface area contributed by atoms with Gasteiger partial charge in [-0.3, -0.25) is 0 Å². The lowest BCUT2D eigenvalue weighted by molar-refractivity contribution is 0.349. The van der Waals surface area contributed by atoms with Gasteiger partial charge in [-0.15, -0.1) is 0 Å². The molecule has 0 N–H and O–H groups in total. The minimum absolute atomic E-state index is 0.220. The molecular weight excluding hydrogens is 288 g/mol. The third kappa shape index (κ3) is 2.76. The van der Waals surface area contributed by atoms with E-state index in [9.17, 15) is 0 Å². The molecule has 2 nitrogen and oxygen atoms in total. The molecule has 1 aromatic carbocycles. The number of hydrogen-bond acceptors (Lipinski definition) is 1. The molecule has 0 spiro atoms. The fourth-order valence-corrected chi connectivity index (χ4v) is 2.56. The smallest absolute Gasteiger partial charge is 0.0670 e. The van der Waals surface area contributed by atoms with Gasteiger partial charge in [-0.05, 0) is 23.1 Å². The third-order valence-corrected chi connectivity index (χ3v) is 3.33. The van der Waals surface area contributed by atoms with Crippen LogP contribution >= 0.6 is 15.9 Å². The molecule has 2 aromatic rings. The van der Waals surface area contributed by atoms with Crippen LogP contribution in [0.4, 0.5) is 0 Å². The Hall–Kier alpha value is -1.27. The zero-order chi connectivity index (χ0) is 13.3. The largest absolute Gasteiger partial charge is 0.347 e. The van der Waals surface area contributed by atoms with Crippen molar-refractivity contribution < 1.29 is 0 Å². The Kier molecular flexibility index (Phi) is 3.49. The molecule has 0 aliphatic heterocycles. The zero-order valence-corrected chi connectivity index (χ0v) is 12.6. The van der Waals surface area contributed by atoms with Gasteiger partial charge in [0.1, 0.15) is 0 Å². The quantitative estimate of drug-likeness (QED) is 0.802. The van der Waals surface area contributed by atoms with E-state index in [1.165, 1.54) is 10.9 Å². The van der Waals surface area contributed by atoms with E-state index >= 15 is 0 Å². The van der Waals surface area contributed by atoms with E-state index in [1.807, 2.05) is 6.07 Å². The lowest BCUT2D eigenvalue weighted by atomic mass is 9.97. The van der Waals surface area contributed by atoms with Crippen molar-refractivity contribution in [1.29, 1.82) is 5.26 Å². The molecule has 0 saturated carbocycles. The molecule has 1 aromatic heterocycles. The highest BCUT2D eigenvalue weighted by atomic mass is 79.9. The molecule has 0 unspecified atom stereocenters. The molecule has 0 bridgehead atoms. The van der Waals surface area contributed by atoms with Crippen LogP contribution in [0.15, 0.2) is 28.9 Å². The van der Waals surface area contributed by atoms with Crippen molar-refractivity contribution in [2.45, 2.75) is 33.7 Å². The fraction of sp³-hybridized carbons (Fsp3) is 0.400. The molecule has 0 saturated heterocycles. The van der Waals surface area contributed by atoms with Gasteiger partial charge in [0.05, 0.1) is 12.5 Å². The summed E-state index contributed by atoms with van der Waals surface area (Å²) in [5.41, 5.74) is 2.53. The summed E-state index contributed by atoms with van der Waals surface area (Å²) in [4.78, 5) is 0. The van der Waals surface area contributed by atoms with E-state index in [2.05, 4.69) is 65.7 Å². The summed E-state index contributed by atoms with van der Waals surface area (Å²) in [7, 11) is 0. The summed E-state index contributed by atoms with van der Waals surface area (Å²) in [6.45, 7) is 7.62. The average Bonchev–Trinajstić information content (AvgIpc) is 2.55. The van der Waals surface area contributed by atoms with Crippen LogP contribution in [0.3, 0.4) is 0 Å². The number of benzene rings is 1. The highest BCUT2D eigenvalue weighted by Gasteiger charge is 2.15. The standard InChI is InChI=1S/C15H17BrN2/c1-15(2,3)10-18-9-11(6-7-17)13-5-4-12(16)8-14(13)18/h4-5,8-9H,6,10H2,1-3H3. The van der Waals surface area contributed by atoms with Crippen molar-refractivity contribution in [2.24, 2.45) is 5.41 Å². The molecular formula is C15H17BrN2. The Bertz CT molecular complexity index is 612. The van der Waals surface area contributed by atoms with Crippen LogP contribution < -0.4 is 0 Å². The SMILES string of the molecule is CC(C)(C)Cn1cc(CC#N)c2ccc(Br)cc21. The van der Waals surface area contributed by atoms with Gasteiger partial charge in [-0.25, -0.2) is 0 Å². The lowest BCUT2D eigenvalue weighted by Gasteiger charge is -2.19. The summed E-state index contributed by atoms with van der Waals surface area (Å²) < 4.78 is 3.33. The Morgan fingerprint density at radius 1 is 1.33 bits per heavy atom. The van der Waals surface area contributed by atoms with E-state index < -0.39 is 0 Å². The van der Waals surface area contributed by atoms with Gasteiger partial charge >= 0.3 is 0 Å². The van der Waals surface area contributed by atoms with Crippen LogP contribution in [-0.2, 0) is 13.0 Å². The van der Waals surface area contributed by atoms with Crippen LogP contribution in [-0.4, -0.2) is 4.57 Å². The van der Waals surface area contributed by atoms with Gasteiger partial charge in [0, 0.05) is 28.1 Å². The van der Waals surface area contributed by atoms with Gasteiger partial charge in [0.2, 0.25) is 0 Å². The molecule has 94 valence electrons. The fourth-order valence-electron chi connectivity index (χ4n) is 2.21. The molecule has 1 heterocycles. The summed E-state index contributed by atoms with van der Waals surface area (Å²) in [6, 6.07) is 8.49. The number of hydrogen-bond donors (Lipinski definition) is 0. The van der Waals surface area contributed by atoms with Crippen LogP contribution in [0, 0.1) is 16.7 Å². The first kappa shape index (κ1) is 13.2. The van der Waals surface area contributed by atoms with E-state index in [4.69, 9.17) is 5.26 Å². The van der Waals surface area contributed by atoms with Crippen LogP contribution in [0.5, 0.6) is 0 Å². The first-order valence-corrected chi connectivity index (χ1v) is 6.84. The normalized spacial score (nSPS) is 11.7. The molecule has 0 fully saturated rings. The molecule has 2 rings (SSSR count).